The van der Waals surface area contributed by atoms with E-state index in [0.717, 1.165) is 11.3 Å². The Kier molecular flexibility index (Phi) is 2.29. The largest absolute Gasteiger partial charge is 0.469 e. The summed E-state index contributed by atoms with van der Waals surface area (Å²) in [7, 11) is 1.64. The molecule has 5 nitrogen and oxygen atoms in total. The Balaban J connectivity index is 2.13. The first-order valence-corrected chi connectivity index (χ1v) is 5.89. The number of ketones is 1. The maximum atomic E-state index is 11.8. The molecule has 2 bridgehead atoms. The molecule has 2 aliphatic rings. The Morgan fingerprint density at radius 1 is 1.39 bits per heavy atom. The number of benzene rings is 1. The van der Waals surface area contributed by atoms with Crippen LogP contribution in [-0.4, -0.2) is 30.0 Å². The summed E-state index contributed by atoms with van der Waals surface area (Å²) in [6.07, 6.45) is -0.517. The number of hydrogen-bond donors (Lipinski definition) is 1. The highest BCUT2D eigenvalue weighted by Crippen LogP contribution is 2.42. The summed E-state index contributed by atoms with van der Waals surface area (Å²) in [5.41, 5.74) is 0.871. The smallest absolute Gasteiger partial charge is 0.320 e. The fraction of sp³-hybridized carbons (Fsp3) is 0.385. The highest BCUT2D eigenvalue weighted by atomic mass is 16.5. The van der Waals surface area contributed by atoms with Gasteiger partial charge in [-0.2, -0.15) is 0 Å². The van der Waals surface area contributed by atoms with Crippen LogP contribution < -0.4 is 10.1 Å². The number of hydrogen-bond acceptors (Lipinski definition) is 3. The molecule has 1 N–H and O–H groups in total. The molecule has 3 rings (SSSR count). The fourth-order valence-corrected chi connectivity index (χ4v) is 2.68. The molecule has 1 aromatic carbocycles. The van der Waals surface area contributed by atoms with Crippen molar-refractivity contribution in [1.82, 2.24) is 10.2 Å². The van der Waals surface area contributed by atoms with Gasteiger partial charge in [-0.05, 0) is 13.0 Å². The molecule has 94 valence electrons. The maximum absolute atomic E-state index is 11.8. The van der Waals surface area contributed by atoms with Crippen molar-refractivity contribution in [1.29, 1.82) is 0 Å². The van der Waals surface area contributed by atoms with Crippen LogP contribution in [0.15, 0.2) is 24.3 Å². The van der Waals surface area contributed by atoms with Crippen LogP contribution >= 0.6 is 0 Å². The van der Waals surface area contributed by atoms with Gasteiger partial charge in [0.25, 0.3) is 0 Å². The van der Waals surface area contributed by atoms with Gasteiger partial charge < -0.3 is 10.1 Å². The number of urea groups is 1. The van der Waals surface area contributed by atoms with Crippen molar-refractivity contribution in [3.8, 4) is 5.75 Å². The number of fused-ring (bicyclic) bond motifs is 4. The van der Waals surface area contributed by atoms with Crippen molar-refractivity contribution in [3.05, 3.63) is 29.8 Å². The summed E-state index contributed by atoms with van der Waals surface area (Å²) < 4.78 is 5.80. The van der Waals surface area contributed by atoms with Crippen LogP contribution in [0.5, 0.6) is 5.75 Å². The SMILES string of the molecule is CC(=O)[C@H]1[C@H]2NC(=O)N(C)[C@H]1Oc1ccccc12. The molecule has 1 saturated heterocycles. The Morgan fingerprint density at radius 3 is 2.83 bits per heavy atom. The van der Waals surface area contributed by atoms with Crippen LogP contribution in [0.4, 0.5) is 4.79 Å². The molecule has 0 spiro atoms. The highest BCUT2D eigenvalue weighted by Gasteiger charge is 2.48. The summed E-state index contributed by atoms with van der Waals surface area (Å²) in [6.45, 7) is 1.53. The third-order valence-corrected chi connectivity index (χ3v) is 3.62. The number of Topliss-reactive ketones (excluding diaryl/α,β-unsaturated/α-hetero) is 1. The van der Waals surface area contributed by atoms with E-state index in [2.05, 4.69) is 5.32 Å². The van der Waals surface area contributed by atoms with Gasteiger partial charge in [-0.1, -0.05) is 18.2 Å². The highest BCUT2D eigenvalue weighted by molar-refractivity contribution is 5.85. The molecule has 0 aliphatic carbocycles. The minimum atomic E-state index is -0.517. The lowest BCUT2D eigenvalue weighted by Crippen LogP contribution is -2.62. The lowest BCUT2D eigenvalue weighted by atomic mass is 9.84. The molecule has 3 atom stereocenters. The van der Waals surface area contributed by atoms with Crippen molar-refractivity contribution in [3.63, 3.8) is 0 Å². The Morgan fingerprint density at radius 2 is 2.11 bits per heavy atom. The van der Waals surface area contributed by atoms with E-state index in [1.165, 1.54) is 11.8 Å². The number of carbonyl (C=O) groups excluding carboxylic acids is 2. The number of carbonyl (C=O) groups is 2. The molecule has 0 saturated carbocycles. The lowest BCUT2D eigenvalue weighted by Gasteiger charge is -2.46. The van der Waals surface area contributed by atoms with E-state index < -0.39 is 6.23 Å². The van der Waals surface area contributed by atoms with Gasteiger partial charge in [0.1, 0.15) is 11.5 Å². The van der Waals surface area contributed by atoms with E-state index in [1.807, 2.05) is 24.3 Å². The molecule has 18 heavy (non-hydrogen) atoms. The molecule has 1 fully saturated rings. The second kappa shape index (κ2) is 3.73. The summed E-state index contributed by atoms with van der Waals surface area (Å²) in [5.74, 6) is 0.394. The molecular formula is C13H14N2O3. The summed E-state index contributed by atoms with van der Waals surface area (Å²) in [6, 6.07) is 7.00. The second-order valence-electron chi connectivity index (χ2n) is 4.72. The topological polar surface area (TPSA) is 58.6 Å². The number of rotatable bonds is 1. The van der Waals surface area contributed by atoms with E-state index in [4.69, 9.17) is 4.74 Å². The summed E-state index contributed by atoms with van der Waals surface area (Å²) >= 11 is 0. The van der Waals surface area contributed by atoms with Gasteiger partial charge in [0.15, 0.2) is 6.23 Å². The van der Waals surface area contributed by atoms with Gasteiger partial charge in [0.2, 0.25) is 0 Å². The van der Waals surface area contributed by atoms with Gasteiger partial charge in [0, 0.05) is 12.6 Å². The molecule has 0 aromatic heterocycles. The van der Waals surface area contributed by atoms with Crippen molar-refractivity contribution >= 4 is 11.8 Å². The molecule has 2 heterocycles. The van der Waals surface area contributed by atoms with Crippen molar-refractivity contribution in [2.75, 3.05) is 7.05 Å². The van der Waals surface area contributed by atoms with E-state index in [0.29, 0.717) is 0 Å². The third-order valence-electron chi connectivity index (χ3n) is 3.62. The molecule has 0 radical (unpaired) electrons. The van der Waals surface area contributed by atoms with Crippen LogP contribution in [0.2, 0.25) is 0 Å². The van der Waals surface area contributed by atoms with Gasteiger partial charge in [0.05, 0.1) is 12.0 Å². The van der Waals surface area contributed by atoms with Crippen molar-refractivity contribution in [2.45, 2.75) is 19.2 Å². The quantitative estimate of drug-likeness (QED) is 0.812. The molecule has 2 aliphatic heterocycles. The molecule has 2 amide bonds. The first-order valence-electron chi connectivity index (χ1n) is 5.89. The molecule has 5 heteroatoms. The first-order chi connectivity index (χ1) is 8.59. The van der Waals surface area contributed by atoms with Crippen LogP contribution in [0.1, 0.15) is 18.5 Å². The fourth-order valence-electron chi connectivity index (χ4n) is 2.68. The van der Waals surface area contributed by atoms with Gasteiger partial charge >= 0.3 is 6.03 Å². The monoisotopic (exact) mass is 246 g/mol. The number of para-hydroxylation sites is 1. The van der Waals surface area contributed by atoms with Gasteiger partial charge in [-0.25, -0.2) is 4.79 Å². The zero-order chi connectivity index (χ0) is 12.9. The first kappa shape index (κ1) is 11.1. The van der Waals surface area contributed by atoms with Gasteiger partial charge in [-0.3, -0.25) is 9.69 Å². The average Bonchev–Trinajstić information content (AvgIpc) is 2.35. The van der Waals surface area contributed by atoms with Crippen molar-refractivity contribution < 1.29 is 14.3 Å². The number of amides is 2. The lowest BCUT2D eigenvalue weighted by molar-refractivity contribution is -0.131. The summed E-state index contributed by atoms with van der Waals surface area (Å²) in [5, 5.41) is 2.87. The van der Waals surface area contributed by atoms with Gasteiger partial charge in [-0.15, -0.1) is 0 Å². The zero-order valence-electron chi connectivity index (χ0n) is 10.2. The maximum Gasteiger partial charge on any atom is 0.320 e. The predicted molar refractivity (Wildman–Crippen MR) is 64.1 cm³/mol. The Labute approximate surface area is 105 Å². The van der Waals surface area contributed by atoms with E-state index in [-0.39, 0.29) is 23.8 Å². The normalized spacial score (nSPS) is 29.1. The Bertz CT molecular complexity index is 529. The van der Waals surface area contributed by atoms with E-state index >= 15 is 0 Å². The number of ether oxygens (including phenoxy) is 1. The van der Waals surface area contributed by atoms with Crippen molar-refractivity contribution in [2.24, 2.45) is 5.92 Å². The standard InChI is InChI=1S/C13H14N2O3/c1-7(16)10-11-8-5-3-4-6-9(8)18-12(10)15(2)13(17)14-11/h3-6,10-12H,1-2H3,(H,14,17)/t10-,11-,12-/m0/s1. The van der Waals surface area contributed by atoms with E-state index in [9.17, 15) is 9.59 Å². The number of nitrogens with one attached hydrogen (secondary N) is 1. The van der Waals surface area contributed by atoms with Crippen LogP contribution in [0, 0.1) is 5.92 Å². The second-order valence-corrected chi connectivity index (χ2v) is 4.72. The molecule has 0 unspecified atom stereocenters. The average molecular weight is 246 g/mol. The minimum Gasteiger partial charge on any atom is -0.469 e. The Hall–Kier alpha value is -2.04. The predicted octanol–water partition coefficient (Wildman–Crippen LogP) is 1.31. The van der Waals surface area contributed by atoms with Crippen LogP contribution in [-0.2, 0) is 4.79 Å². The minimum absolute atomic E-state index is 0.0198. The van der Waals surface area contributed by atoms with Crippen LogP contribution in [0.25, 0.3) is 0 Å². The number of nitrogens with zero attached hydrogens (tertiary/aromatic N) is 1. The molecule has 1 aromatic rings. The summed E-state index contributed by atoms with van der Waals surface area (Å²) in [4.78, 5) is 25.1. The molecular weight excluding hydrogens is 232 g/mol. The van der Waals surface area contributed by atoms with Crippen LogP contribution in [0.3, 0.4) is 0 Å². The zero-order valence-corrected chi connectivity index (χ0v) is 10.2. The third kappa shape index (κ3) is 1.40. The van der Waals surface area contributed by atoms with E-state index in [1.54, 1.807) is 7.05 Å².